The van der Waals surface area contributed by atoms with Crippen LogP contribution in [0.15, 0.2) is 54.6 Å². The summed E-state index contributed by atoms with van der Waals surface area (Å²) in [5.74, 6) is -0.446. The van der Waals surface area contributed by atoms with Crippen LogP contribution in [0.4, 0.5) is 10.5 Å². The minimum absolute atomic E-state index is 0.131. The van der Waals surface area contributed by atoms with Crippen LogP contribution in [0, 0.1) is 12.8 Å². The first-order valence-corrected chi connectivity index (χ1v) is 14.6. The first-order chi connectivity index (χ1) is 18.9. The van der Waals surface area contributed by atoms with Crippen LogP contribution in [0.3, 0.4) is 0 Å². The quantitative estimate of drug-likeness (QED) is 0.239. The molecule has 7 nitrogen and oxygen atoms in total. The first kappa shape index (κ1) is 32.9. The van der Waals surface area contributed by atoms with Gasteiger partial charge < -0.3 is 20.3 Å². The molecule has 2 atom stereocenters. The Morgan fingerprint density at radius 1 is 0.900 bits per heavy atom. The summed E-state index contributed by atoms with van der Waals surface area (Å²) in [6.45, 7) is 13.9. The molecule has 2 N–H and O–H groups in total. The number of carbonyl (C=O) groups is 3. The number of hydrogen-bond acceptors (Lipinski definition) is 4. The summed E-state index contributed by atoms with van der Waals surface area (Å²) in [7, 11) is 0. The van der Waals surface area contributed by atoms with E-state index in [2.05, 4.69) is 17.6 Å². The van der Waals surface area contributed by atoms with Crippen molar-refractivity contribution in [3.8, 4) is 0 Å². The Balaban J connectivity index is 2.48. The molecule has 0 aromatic heterocycles. The number of nitrogens with zero attached hydrogens (tertiary/aromatic N) is 1. The lowest BCUT2D eigenvalue weighted by molar-refractivity contribution is -0.141. The molecule has 2 rings (SSSR count). The Morgan fingerprint density at radius 2 is 1.52 bits per heavy atom. The molecular formula is C33H49N3O4. The molecule has 0 heterocycles. The molecule has 3 amide bonds. The fourth-order valence-corrected chi connectivity index (χ4v) is 4.62. The highest BCUT2D eigenvalue weighted by molar-refractivity contribution is 5.99. The van der Waals surface area contributed by atoms with E-state index in [4.69, 9.17) is 4.74 Å². The van der Waals surface area contributed by atoms with Crippen molar-refractivity contribution in [2.75, 3.05) is 11.9 Å². The van der Waals surface area contributed by atoms with Gasteiger partial charge in [0.2, 0.25) is 5.91 Å². The molecule has 0 saturated carbocycles. The number of alkyl carbamates (subject to hydrolysis) is 1. The van der Waals surface area contributed by atoms with Crippen molar-refractivity contribution < 1.29 is 19.1 Å². The largest absolute Gasteiger partial charge is 0.444 e. The highest BCUT2D eigenvalue weighted by atomic mass is 16.6. The third-order valence-corrected chi connectivity index (χ3v) is 6.56. The average Bonchev–Trinajstić information content (AvgIpc) is 2.87. The zero-order chi connectivity index (χ0) is 29.7. The van der Waals surface area contributed by atoms with Crippen molar-refractivity contribution in [2.24, 2.45) is 5.92 Å². The van der Waals surface area contributed by atoms with Gasteiger partial charge in [0.15, 0.2) is 0 Å². The van der Waals surface area contributed by atoms with E-state index in [1.54, 1.807) is 25.7 Å². The van der Waals surface area contributed by atoms with E-state index in [1.165, 1.54) is 0 Å². The first-order valence-electron chi connectivity index (χ1n) is 14.6. The van der Waals surface area contributed by atoms with E-state index in [1.807, 2.05) is 75.4 Å². The predicted octanol–water partition coefficient (Wildman–Crippen LogP) is 7.41. The van der Waals surface area contributed by atoms with Crippen LogP contribution in [-0.2, 0) is 14.3 Å². The molecule has 0 aliphatic rings. The van der Waals surface area contributed by atoms with Gasteiger partial charge in [0, 0.05) is 12.2 Å². The van der Waals surface area contributed by atoms with Crippen molar-refractivity contribution in [3.63, 3.8) is 0 Å². The van der Waals surface area contributed by atoms with Crippen molar-refractivity contribution >= 4 is 23.6 Å². The van der Waals surface area contributed by atoms with Crippen molar-refractivity contribution in [1.82, 2.24) is 10.2 Å². The standard InChI is InChI=1S/C33H49N3O4/c1-8-9-10-11-17-22-36(31(38)28(23-24(2)3)35-32(39)40-33(5,6)7)29(26-19-13-12-14-20-26)30(37)34-27-21-16-15-18-25(27)4/h12-16,18-21,24,28-29H,8-11,17,22-23H2,1-7H3,(H,34,37)(H,35,39). The summed E-state index contributed by atoms with van der Waals surface area (Å²) >= 11 is 0. The Labute approximate surface area is 241 Å². The second-order valence-electron chi connectivity index (χ2n) is 11.9. The van der Waals surface area contributed by atoms with Gasteiger partial charge in [-0.3, -0.25) is 9.59 Å². The predicted molar refractivity (Wildman–Crippen MR) is 162 cm³/mol. The number of benzene rings is 2. The van der Waals surface area contributed by atoms with Gasteiger partial charge in [-0.05, 0) is 63.6 Å². The van der Waals surface area contributed by atoms with Crippen molar-refractivity contribution in [1.29, 1.82) is 0 Å². The van der Waals surface area contributed by atoms with Crippen molar-refractivity contribution in [2.45, 2.75) is 105 Å². The lowest BCUT2D eigenvalue weighted by Gasteiger charge is -2.35. The number of carbonyl (C=O) groups excluding carboxylic acids is 3. The summed E-state index contributed by atoms with van der Waals surface area (Å²) in [5.41, 5.74) is 1.66. The molecule has 0 saturated heterocycles. The maximum absolute atomic E-state index is 14.3. The minimum atomic E-state index is -0.866. The van der Waals surface area contributed by atoms with E-state index >= 15 is 0 Å². The monoisotopic (exact) mass is 551 g/mol. The number of hydrogen-bond donors (Lipinski definition) is 2. The third-order valence-electron chi connectivity index (χ3n) is 6.56. The highest BCUT2D eigenvalue weighted by Crippen LogP contribution is 2.27. The summed E-state index contributed by atoms with van der Waals surface area (Å²) in [6.07, 6.45) is 4.79. The topological polar surface area (TPSA) is 87.7 Å². The minimum Gasteiger partial charge on any atom is -0.444 e. The van der Waals surface area contributed by atoms with E-state index in [9.17, 15) is 14.4 Å². The Kier molecular flexibility index (Phi) is 13.2. The van der Waals surface area contributed by atoms with Gasteiger partial charge in [-0.15, -0.1) is 0 Å². The van der Waals surface area contributed by atoms with Gasteiger partial charge in [-0.25, -0.2) is 4.79 Å². The summed E-state index contributed by atoms with van der Waals surface area (Å²) in [5, 5.41) is 5.88. The number of anilines is 1. The third kappa shape index (κ3) is 11.0. The maximum atomic E-state index is 14.3. The SMILES string of the molecule is CCCCCCCN(C(=O)C(CC(C)C)NC(=O)OC(C)(C)C)C(C(=O)Nc1ccccc1C)c1ccccc1. The number of amides is 3. The Bertz CT molecular complexity index is 1080. The molecule has 0 fully saturated rings. The molecule has 0 radical (unpaired) electrons. The van der Waals surface area contributed by atoms with Crippen molar-refractivity contribution in [3.05, 3.63) is 65.7 Å². The van der Waals surface area contributed by atoms with Crippen LogP contribution >= 0.6 is 0 Å². The van der Waals surface area contributed by atoms with Crippen LogP contribution in [0.2, 0.25) is 0 Å². The molecule has 0 aliphatic carbocycles. The Morgan fingerprint density at radius 3 is 2.12 bits per heavy atom. The molecule has 0 spiro atoms. The molecule has 0 bridgehead atoms. The number of ether oxygens (including phenoxy) is 1. The lowest BCUT2D eigenvalue weighted by Crippen LogP contribution is -2.53. The van der Waals surface area contributed by atoms with Crippen LogP contribution < -0.4 is 10.6 Å². The molecule has 7 heteroatoms. The molecular weight excluding hydrogens is 502 g/mol. The number of nitrogens with one attached hydrogen (secondary N) is 2. The number of unbranched alkanes of at least 4 members (excludes halogenated alkanes) is 4. The number of rotatable bonds is 14. The normalized spacial score (nSPS) is 12.9. The summed E-state index contributed by atoms with van der Waals surface area (Å²) in [6, 6.07) is 15.3. The number of aryl methyl sites for hydroxylation is 1. The van der Waals surface area contributed by atoms with Gasteiger partial charge in [0.25, 0.3) is 5.91 Å². The second kappa shape index (κ2) is 16.0. The molecule has 2 unspecified atom stereocenters. The average molecular weight is 552 g/mol. The van der Waals surface area contributed by atoms with Crippen LogP contribution in [-0.4, -0.2) is 41.0 Å². The molecule has 220 valence electrons. The zero-order valence-corrected chi connectivity index (χ0v) is 25.5. The van der Waals surface area contributed by atoms with E-state index in [0.29, 0.717) is 18.7 Å². The van der Waals surface area contributed by atoms with Gasteiger partial charge in [-0.1, -0.05) is 95.0 Å². The molecule has 2 aromatic carbocycles. The van der Waals surface area contributed by atoms with Gasteiger partial charge in [0.05, 0.1) is 0 Å². The van der Waals surface area contributed by atoms with E-state index in [-0.39, 0.29) is 17.7 Å². The Hall–Kier alpha value is -3.35. The highest BCUT2D eigenvalue weighted by Gasteiger charge is 2.36. The summed E-state index contributed by atoms with van der Waals surface area (Å²) in [4.78, 5) is 42.7. The zero-order valence-electron chi connectivity index (χ0n) is 25.5. The summed E-state index contributed by atoms with van der Waals surface area (Å²) < 4.78 is 5.49. The lowest BCUT2D eigenvalue weighted by atomic mass is 9.98. The van der Waals surface area contributed by atoms with Crippen LogP contribution in [0.5, 0.6) is 0 Å². The second-order valence-corrected chi connectivity index (χ2v) is 11.9. The molecule has 40 heavy (non-hydrogen) atoms. The van der Waals surface area contributed by atoms with E-state index < -0.39 is 23.8 Å². The molecule has 2 aromatic rings. The fourth-order valence-electron chi connectivity index (χ4n) is 4.62. The van der Waals surface area contributed by atoms with Crippen LogP contribution in [0.25, 0.3) is 0 Å². The number of para-hydroxylation sites is 1. The van der Waals surface area contributed by atoms with E-state index in [0.717, 1.165) is 43.2 Å². The van der Waals surface area contributed by atoms with Crippen LogP contribution in [0.1, 0.15) is 97.2 Å². The fraction of sp³-hybridized carbons (Fsp3) is 0.545. The van der Waals surface area contributed by atoms with Gasteiger partial charge in [0.1, 0.15) is 17.7 Å². The molecule has 0 aliphatic heterocycles. The smallest absolute Gasteiger partial charge is 0.408 e. The maximum Gasteiger partial charge on any atom is 0.408 e. The van der Waals surface area contributed by atoms with Gasteiger partial charge >= 0.3 is 6.09 Å². The van der Waals surface area contributed by atoms with Gasteiger partial charge in [-0.2, -0.15) is 0 Å².